The van der Waals surface area contributed by atoms with Crippen LogP contribution >= 0.6 is 0 Å². The number of aromatic nitrogens is 1. The van der Waals surface area contributed by atoms with E-state index in [0.717, 1.165) is 40.8 Å². The molecule has 8 nitrogen and oxygen atoms in total. The normalized spacial score (nSPS) is 19.1. The van der Waals surface area contributed by atoms with Crippen LogP contribution < -0.4 is 10.1 Å². The van der Waals surface area contributed by atoms with E-state index in [1.54, 1.807) is 12.0 Å². The maximum atomic E-state index is 13.1. The van der Waals surface area contributed by atoms with Gasteiger partial charge in [0.15, 0.2) is 0 Å². The van der Waals surface area contributed by atoms with Gasteiger partial charge in [0.25, 0.3) is 0 Å². The molecule has 0 radical (unpaired) electrons. The maximum Gasteiger partial charge on any atom is 0.318 e. The number of aryl methyl sites for hydroxylation is 1. The largest absolute Gasteiger partial charge is 0.497 e. The van der Waals surface area contributed by atoms with Crippen molar-refractivity contribution < 1.29 is 19.4 Å². The minimum Gasteiger partial charge on any atom is -0.497 e. The lowest BCUT2D eigenvalue weighted by Crippen LogP contribution is -2.68. The van der Waals surface area contributed by atoms with Gasteiger partial charge in [-0.3, -0.25) is 4.79 Å². The fourth-order valence-electron chi connectivity index (χ4n) is 5.40. The predicted molar refractivity (Wildman–Crippen MR) is 123 cm³/mol. The van der Waals surface area contributed by atoms with E-state index in [4.69, 9.17) is 4.74 Å². The van der Waals surface area contributed by atoms with Crippen LogP contribution in [0.3, 0.4) is 0 Å². The van der Waals surface area contributed by atoms with Crippen LogP contribution in [0.2, 0.25) is 0 Å². The average Bonchev–Trinajstić information content (AvgIpc) is 3.07. The number of nitrogens with zero attached hydrogens (tertiary/aromatic N) is 3. The van der Waals surface area contributed by atoms with Crippen LogP contribution in [0, 0.1) is 0 Å². The summed E-state index contributed by atoms with van der Waals surface area (Å²) in [6.07, 6.45) is 2.20. The molecule has 1 fully saturated rings. The Bertz CT molecular complexity index is 1020. The van der Waals surface area contributed by atoms with Gasteiger partial charge in [0, 0.05) is 56.8 Å². The Morgan fingerprint density at radius 2 is 1.97 bits per heavy atom. The van der Waals surface area contributed by atoms with Gasteiger partial charge in [-0.15, -0.1) is 0 Å². The Morgan fingerprint density at radius 3 is 2.59 bits per heavy atom. The van der Waals surface area contributed by atoms with Crippen molar-refractivity contribution in [1.82, 2.24) is 19.7 Å². The Labute approximate surface area is 189 Å². The first kappa shape index (κ1) is 22.5. The third-order valence-electron chi connectivity index (χ3n) is 6.91. The van der Waals surface area contributed by atoms with Crippen LogP contribution in [0.1, 0.15) is 50.4 Å². The third-order valence-corrected chi connectivity index (χ3v) is 6.91. The number of hydrogen-bond acceptors (Lipinski definition) is 4. The van der Waals surface area contributed by atoms with Gasteiger partial charge in [0.05, 0.1) is 30.7 Å². The molecule has 0 bridgehead atoms. The Balaban J connectivity index is 1.84. The zero-order chi connectivity index (χ0) is 23.0. The average molecular weight is 443 g/mol. The molecule has 1 aromatic carbocycles. The molecule has 2 N–H and O–H groups in total. The highest BCUT2D eigenvalue weighted by atomic mass is 16.5. The lowest BCUT2D eigenvalue weighted by atomic mass is 9.68. The molecule has 1 saturated heterocycles. The summed E-state index contributed by atoms with van der Waals surface area (Å²) in [4.78, 5) is 29.3. The summed E-state index contributed by atoms with van der Waals surface area (Å²) in [6, 6.07) is 5.39. The third kappa shape index (κ3) is 3.41. The second-order valence-electron chi connectivity index (χ2n) is 9.04. The van der Waals surface area contributed by atoms with Gasteiger partial charge >= 0.3 is 6.03 Å². The van der Waals surface area contributed by atoms with Gasteiger partial charge in [-0.05, 0) is 30.5 Å². The monoisotopic (exact) mass is 442 g/mol. The van der Waals surface area contributed by atoms with Gasteiger partial charge in [0.1, 0.15) is 5.75 Å². The van der Waals surface area contributed by atoms with Crippen molar-refractivity contribution in [3.8, 4) is 5.75 Å². The van der Waals surface area contributed by atoms with Crippen molar-refractivity contribution in [2.24, 2.45) is 7.05 Å². The number of likely N-dealkylation sites (tertiary alicyclic amines) is 1. The summed E-state index contributed by atoms with van der Waals surface area (Å²) in [5.41, 5.74) is 2.75. The second kappa shape index (κ2) is 8.65. The van der Waals surface area contributed by atoms with Crippen LogP contribution in [-0.2, 0) is 17.3 Å². The van der Waals surface area contributed by atoms with E-state index < -0.39 is 6.04 Å². The molecule has 2 aliphatic heterocycles. The minimum absolute atomic E-state index is 0.160. The maximum absolute atomic E-state index is 13.1. The summed E-state index contributed by atoms with van der Waals surface area (Å²) >= 11 is 0. The van der Waals surface area contributed by atoms with Crippen molar-refractivity contribution in [3.63, 3.8) is 0 Å². The lowest BCUT2D eigenvalue weighted by Gasteiger charge is -2.56. The number of benzene rings is 1. The fourth-order valence-corrected chi connectivity index (χ4v) is 5.40. The quantitative estimate of drug-likeness (QED) is 0.720. The van der Waals surface area contributed by atoms with Gasteiger partial charge in [-0.2, -0.15) is 0 Å². The number of aliphatic hydroxyl groups is 1. The van der Waals surface area contributed by atoms with Crippen molar-refractivity contribution in [1.29, 1.82) is 0 Å². The second-order valence-corrected chi connectivity index (χ2v) is 9.04. The predicted octanol–water partition coefficient (Wildman–Crippen LogP) is 2.54. The van der Waals surface area contributed by atoms with E-state index in [9.17, 15) is 14.7 Å². The molecule has 2 aliphatic rings. The summed E-state index contributed by atoms with van der Waals surface area (Å²) in [5.74, 6) is 0.920. The minimum atomic E-state index is -0.448. The number of aliphatic hydroxyl groups excluding tert-OH is 1. The van der Waals surface area contributed by atoms with E-state index >= 15 is 0 Å². The number of fused-ring (bicyclic) bond motifs is 4. The van der Waals surface area contributed by atoms with E-state index in [0.29, 0.717) is 32.6 Å². The number of urea groups is 1. The fraction of sp³-hybridized carbons (Fsp3) is 0.583. The van der Waals surface area contributed by atoms with Crippen LogP contribution in [-0.4, -0.2) is 71.3 Å². The van der Waals surface area contributed by atoms with Crippen LogP contribution in [0.5, 0.6) is 5.75 Å². The molecule has 1 atom stereocenters. The topological polar surface area (TPSA) is 87.0 Å². The molecule has 32 heavy (non-hydrogen) atoms. The summed E-state index contributed by atoms with van der Waals surface area (Å²) in [5, 5.41) is 14.5. The first-order chi connectivity index (χ1) is 15.4. The molecule has 0 unspecified atom stereocenters. The molecule has 2 aromatic rings. The molecule has 3 heterocycles. The molecule has 1 spiro atoms. The smallest absolute Gasteiger partial charge is 0.318 e. The number of hydrogen-bond donors (Lipinski definition) is 2. The zero-order valence-corrected chi connectivity index (χ0v) is 19.5. The number of amides is 3. The molecule has 3 amide bonds. The molecule has 0 saturated carbocycles. The first-order valence-corrected chi connectivity index (χ1v) is 11.5. The van der Waals surface area contributed by atoms with Crippen LogP contribution in [0.25, 0.3) is 10.9 Å². The Hall–Kier alpha value is -2.74. The summed E-state index contributed by atoms with van der Waals surface area (Å²) < 4.78 is 7.52. The lowest BCUT2D eigenvalue weighted by molar-refractivity contribution is -0.140. The Morgan fingerprint density at radius 1 is 1.22 bits per heavy atom. The molecular formula is C24H34N4O4. The number of methoxy groups -OCH3 is 1. The van der Waals surface area contributed by atoms with Gasteiger partial charge in [-0.25, -0.2) is 4.79 Å². The highest BCUT2D eigenvalue weighted by Gasteiger charge is 2.55. The summed E-state index contributed by atoms with van der Waals surface area (Å²) in [7, 11) is 3.62. The highest BCUT2D eigenvalue weighted by Crippen LogP contribution is 2.49. The number of carbonyl (C=O) groups is 2. The highest BCUT2D eigenvalue weighted by molar-refractivity contribution is 5.90. The molecule has 4 rings (SSSR count). The van der Waals surface area contributed by atoms with Crippen molar-refractivity contribution in [3.05, 3.63) is 29.5 Å². The van der Waals surface area contributed by atoms with E-state index in [-0.39, 0.29) is 24.0 Å². The van der Waals surface area contributed by atoms with Crippen molar-refractivity contribution in [2.45, 2.75) is 44.6 Å². The van der Waals surface area contributed by atoms with Gasteiger partial charge < -0.3 is 29.5 Å². The summed E-state index contributed by atoms with van der Waals surface area (Å²) in [6.45, 7) is 6.08. The van der Waals surface area contributed by atoms with Gasteiger partial charge in [-0.1, -0.05) is 13.8 Å². The first-order valence-electron chi connectivity index (χ1n) is 11.5. The Kier molecular flexibility index (Phi) is 6.07. The standard InChI is InChI=1S/C24H34N4O4/c1-5-7-20(30)27-13-24(14-27)15-28(23(31)25-10-6-2)19(12-29)22-21(24)17-9-8-16(32-4)11-18(17)26(22)3/h8-9,11,19,29H,5-7,10,12-15H2,1-4H3,(H,25,31)/t19-/m1/s1. The molecule has 8 heteroatoms. The number of rotatable bonds is 6. The molecule has 1 aromatic heterocycles. The van der Waals surface area contributed by atoms with Gasteiger partial charge in [0.2, 0.25) is 5.91 Å². The van der Waals surface area contributed by atoms with E-state index in [2.05, 4.69) is 16.0 Å². The number of carbonyl (C=O) groups excluding carboxylic acids is 2. The number of nitrogens with one attached hydrogen (secondary N) is 1. The molecular weight excluding hydrogens is 408 g/mol. The van der Waals surface area contributed by atoms with Crippen molar-refractivity contribution >= 4 is 22.8 Å². The van der Waals surface area contributed by atoms with E-state index in [1.165, 1.54) is 0 Å². The van der Waals surface area contributed by atoms with E-state index in [1.807, 2.05) is 37.9 Å². The van der Waals surface area contributed by atoms with Crippen molar-refractivity contribution in [2.75, 3.05) is 39.9 Å². The van der Waals surface area contributed by atoms with Crippen LogP contribution in [0.4, 0.5) is 4.79 Å². The molecule has 174 valence electrons. The molecule has 0 aliphatic carbocycles. The zero-order valence-electron chi connectivity index (χ0n) is 19.5. The number of ether oxygens (including phenoxy) is 1. The SMILES string of the molecule is CCCNC(=O)N1CC2(CN(C(=O)CCC)C2)c2c(n(C)c3cc(OC)ccc23)[C@H]1CO. The van der Waals surface area contributed by atoms with Crippen LogP contribution in [0.15, 0.2) is 18.2 Å².